The van der Waals surface area contributed by atoms with Gasteiger partial charge in [-0.1, -0.05) is 19.1 Å². The Morgan fingerprint density at radius 3 is 2.93 bits per heavy atom. The second kappa shape index (κ2) is 5.47. The van der Waals surface area contributed by atoms with Crippen molar-refractivity contribution in [3.8, 4) is 5.75 Å². The van der Waals surface area contributed by atoms with E-state index in [4.69, 9.17) is 4.74 Å². The van der Waals surface area contributed by atoms with Crippen LogP contribution in [0, 0.1) is 0 Å². The van der Waals surface area contributed by atoms with Gasteiger partial charge in [-0.25, -0.2) is 4.79 Å². The summed E-state index contributed by atoms with van der Waals surface area (Å²) in [5, 5.41) is 0. The summed E-state index contributed by atoms with van der Waals surface area (Å²) in [5.41, 5.74) is 1.00. The summed E-state index contributed by atoms with van der Waals surface area (Å²) in [4.78, 5) is 10.9. The fourth-order valence-electron chi connectivity index (χ4n) is 1.02. The van der Waals surface area contributed by atoms with Crippen LogP contribution in [-0.4, -0.2) is 14.9 Å². The van der Waals surface area contributed by atoms with E-state index < -0.39 is 17.4 Å². The lowest BCUT2D eigenvalue weighted by Gasteiger charge is -2.08. The van der Waals surface area contributed by atoms with Gasteiger partial charge in [0.2, 0.25) is 0 Å². The molecular formula is C9H10NO4S-. The van der Waals surface area contributed by atoms with Crippen LogP contribution in [0.5, 0.6) is 5.75 Å². The zero-order valence-corrected chi connectivity index (χ0v) is 8.87. The Hall–Kier alpha value is -1.40. The van der Waals surface area contributed by atoms with Gasteiger partial charge in [0.15, 0.2) is 0 Å². The maximum Gasteiger partial charge on any atom is 0.423 e. The predicted octanol–water partition coefficient (Wildman–Crippen LogP) is 1.13. The Bertz CT molecular complexity index is 380. The third kappa shape index (κ3) is 4.09. The highest BCUT2D eigenvalue weighted by Gasteiger charge is 2.03. The number of carbonyl (C=O) groups is 1. The molecule has 1 rings (SSSR count). The van der Waals surface area contributed by atoms with Crippen molar-refractivity contribution in [3.63, 3.8) is 0 Å². The van der Waals surface area contributed by atoms with Gasteiger partial charge < -0.3 is 9.29 Å². The van der Waals surface area contributed by atoms with Crippen molar-refractivity contribution in [2.75, 3.05) is 0 Å². The second-order valence-corrected chi connectivity index (χ2v) is 3.40. The van der Waals surface area contributed by atoms with E-state index in [1.807, 2.05) is 13.0 Å². The van der Waals surface area contributed by atoms with E-state index in [1.54, 1.807) is 22.9 Å². The van der Waals surface area contributed by atoms with Crippen molar-refractivity contribution in [1.29, 1.82) is 0 Å². The molecule has 1 aromatic carbocycles. The molecule has 0 aliphatic heterocycles. The minimum absolute atomic E-state index is 0.317. The smallest absolute Gasteiger partial charge is 0.423 e. The molecule has 0 spiro atoms. The lowest BCUT2D eigenvalue weighted by molar-refractivity contribution is 0.206. The molecule has 6 heteroatoms. The van der Waals surface area contributed by atoms with E-state index in [1.165, 1.54) is 0 Å². The fourth-order valence-corrected chi connectivity index (χ4v) is 1.20. The number of nitrogens with one attached hydrogen (secondary N) is 1. The van der Waals surface area contributed by atoms with E-state index >= 15 is 0 Å². The second-order valence-electron chi connectivity index (χ2n) is 2.73. The quantitative estimate of drug-likeness (QED) is 0.786. The molecule has 0 saturated heterocycles. The van der Waals surface area contributed by atoms with E-state index in [0.29, 0.717) is 5.75 Å². The Morgan fingerprint density at radius 2 is 2.33 bits per heavy atom. The molecule has 1 unspecified atom stereocenters. The summed E-state index contributed by atoms with van der Waals surface area (Å²) in [6, 6.07) is 6.87. The summed E-state index contributed by atoms with van der Waals surface area (Å²) in [7, 11) is 0. The highest BCUT2D eigenvalue weighted by Crippen LogP contribution is 2.13. The maximum atomic E-state index is 10.9. The maximum absolute atomic E-state index is 10.9. The van der Waals surface area contributed by atoms with Gasteiger partial charge in [-0.15, -0.1) is 0 Å². The first kappa shape index (κ1) is 11.7. The molecule has 0 aliphatic rings. The fraction of sp³-hybridized carbons (Fsp3) is 0.222. The molecule has 0 saturated carbocycles. The van der Waals surface area contributed by atoms with Crippen LogP contribution >= 0.6 is 0 Å². The summed E-state index contributed by atoms with van der Waals surface area (Å²) < 4.78 is 26.5. The molecule has 0 aromatic heterocycles. The molecule has 0 heterocycles. The number of amides is 1. The van der Waals surface area contributed by atoms with Gasteiger partial charge >= 0.3 is 6.09 Å². The number of benzene rings is 1. The SMILES string of the molecule is CCc1cccc(OC(=O)NS(=O)[O-])c1. The van der Waals surface area contributed by atoms with Gasteiger partial charge in [0.05, 0.1) is 0 Å². The van der Waals surface area contributed by atoms with Crippen molar-refractivity contribution >= 4 is 17.4 Å². The molecule has 0 aliphatic carbocycles. The topological polar surface area (TPSA) is 78.5 Å². The monoisotopic (exact) mass is 228 g/mol. The van der Waals surface area contributed by atoms with Crippen LogP contribution in [0.4, 0.5) is 4.79 Å². The molecular weight excluding hydrogens is 218 g/mol. The van der Waals surface area contributed by atoms with Gasteiger partial charge in [0.1, 0.15) is 5.75 Å². The molecule has 0 radical (unpaired) electrons. The molecule has 1 atom stereocenters. The van der Waals surface area contributed by atoms with Crippen LogP contribution in [0.25, 0.3) is 0 Å². The number of aryl methyl sites for hydroxylation is 1. The molecule has 5 nitrogen and oxygen atoms in total. The molecule has 0 fully saturated rings. The van der Waals surface area contributed by atoms with Gasteiger partial charge in [-0.05, 0) is 24.1 Å². The summed E-state index contributed by atoms with van der Waals surface area (Å²) >= 11 is -2.65. The van der Waals surface area contributed by atoms with Gasteiger partial charge in [0, 0.05) is 11.3 Å². The van der Waals surface area contributed by atoms with E-state index in [-0.39, 0.29) is 0 Å². The van der Waals surface area contributed by atoms with Crippen molar-refractivity contribution in [2.45, 2.75) is 13.3 Å². The van der Waals surface area contributed by atoms with Crippen molar-refractivity contribution in [1.82, 2.24) is 4.72 Å². The predicted molar refractivity (Wildman–Crippen MR) is 53.9 cm³/mol. The van der Waals surface area contributed by atoms with E-state index in [2.05, 4.69) is 0 Å². The van der Waals surface area contributed by atoms with Crippen LogP contribution in [0.15, 0.2) is 24.3 Å². The number of ether oxygens (including phenoxy) is 1. The number of rotatable bonds is 3. The highest BCUT2D eigenvalue weighted by atomic mass is 32.2. The van der Waals surface area contributed by atoms with Gasteiger partial charge in [-0.2, -0.15) is 0 Å². The average molecular weight is 228 g/mol. The Labute approximate surface area is 89.9 Å². The number of carbonyl (C=O) groups excluding carboxylic acids is 1. The summed E-state index contributed by atoms with van der Waals surface area (Å²) in [6.07, 6.45) is -0.205. The third-order valence-corrected chi connectivity index (χ3v) is 2.02. The molecule has 15 heavy (non-hydrogen) atoms. The summed E-state index contributed by atoms with van der Waals surface area (Å²) in [6.45, 7) is 1.96. The number of hydrogen-bond donors (Lipinski definition) is 1. The van der Waals surface area contributed by atoms with Crippen LogP contribution in [0.2, 0.25) is 0 Å². The van der Waals surface area contributed by atoms with Crippen LogP contribution < -0.4 is 9.46 Å². The zero-order valence-electron chi connectivity index (χ0n) is 8.06. The third-order valence-electron chi connectivity index (χ3n) is 1.68. The summed E-state index contributed by atoms with van der Waals surface area (Å²) in [5.74, 6) is 0.317. The molecule has 1 amide bonds. The van der Waals surface area contributed by atoms with Crippen molar-refractivity contribution < 1.29 is 18.3 Å². The first-order valence-corrected chi connectivity index (χ1v) is 5.36. The molecule has 1 N–H and O–H groups in total. The highest BCUT2D eigenvalue weighted by molar-refractivity contribution is 7.77. The molecule has 0 bridgehead atoms. The molecule has 1 aromatic rings. The molecule has 82 valence electrons. The zero-order chi connectivity index (χ0) is 11.3. The number of hydrogen-bond acceptors (Lipinski definition) is 4. The lowest BCUT2D eigenvalue weighted by Crippen LogP contribution is -2.28. The minimum Gasteiger partial charge on any atom is -0.755 e. The lowest BCUT2D eigenvalue weighted by atomic mass is 10.2. The normalized spacial score (nSPS) is 11.9. The van der Waals surface area contributed by atoms with Gasteiger partial charge in [-0.3, -0.25) is 8.93 Å². The first-order chi connectivity index (χ1) is 7.11. The van der Waals surface area contributed by atoms with E-state index in [9.17, 15) is 13.6 Å². The van der Waals surface area contributed by atoms with Crippen molar-refractivity contribution in [2.24, 2.45) is 0 Å². The van der Waals surface area contributed by atoms with Crippen LogP contribution in [-0.2, 0) is 17.7 Å². The first-order valence-electron chi connectivity index (χ1n) is 4.28. The average Bonchev–Trinajstić information content (AvgIpc) is 2.16. The standard InChI is InChI=1S/C9H11NO4S/c1-2-7-4-3-5-8(6-7)14-9(11)10-15(12)13/h3-6H,2H2,1H3,(H,10,11)(H,12,13)/p-1. The minimum atomic E-state index is -2.65. The van der Waals surface area contributed by atoms with Gasteiger partial charge in [0.25, 0.3) is 0 Å². The van der Waals surface area contributed by atoms with E-state index in [0.717, 1.165) is 12.0 Å². The Balaban J connectivity index is 2.63. The van der Waals surface area contributed by atoms with Crippen molar-refractivity contribution in [3.05, 3.63) is 29.8 Å². The Morgan fingerprint density at radius 1 is 1.60 bits per heavy atom. The van der Waals surface area contributed by atoms with Crippen LogP contribution in [0.1, 0.15) is 12.5 Å². The Kier molecular flexibility index (Phi) is 4.26. The largest absolute Gasteiger partial charge is 0.755 e. The van der Waals surface area contributed by atoms with Crippen LogP contribution in [0.3, 0.4) is 0 Å².